The number of carbonyl (C=O) groups excluding carboxylic acids is 1. The van der Waals surface area contributed by atoms with Crippen molar-refractivity contribution in [1.29, 1.82) is 0 Å². The van der Waals surface area contributed by atoms with Crippen molar-refractivity contribution in [3.63, 3.8) is 0 Å². The third-order valence-corrected chi connectivity index (χ3v) is 4.98. The average molecular weight is 338 g/mol. The lowest BCUT2D eigenvalue weighted by molar-refractivity contribution is 0.0617. The van der Waals surface area contributed by atoms with Gasteiger partial charge in [0.2, 0.25) is 5.09 Å². The summed E-state index contributed by atoms with van der Waals surface area (Å²) in [6.07, 6.45) is 0. The molecular weight excluding hydrogens is 318 g/mol. The number of halogens is 1. The summed E-state index contributed by atoms with van der Waals surface area (Å²) in [5.41, 5.74) is 0. The molecule has 0 aromatic carbocycles. The van der Waals surface area contributed by atoms with Crippen LogP contribution in [0.5, 0.6) is 0 Å². The zero-order chi connectivity index (χ0) is 14.9. The molecule has 1 aliphatic rings. The number of furan rings is 1. The van der Waals surface area contributed by atoms with Crippen molar-refractivity contribution in [2.75, 3.05) is 33.7 Å². The van der Waals surface area contributed by atoms with Crippen LogP contribution in [0.4, 0.5) is 0 Å². The normalized spacial score (nSPS) is 19.4. The summed E-state index contributed by atoms with van der Waals surface area (Å²) >= 11 is 0. The first-order valence-corrected chi connectivity index (χ1v) is 7.82. The summed E-state index contributed by atoms with van der Waals surface area (Å²) in [5, 5.41) is 2.97. The molecule has 0 radical (unpaired) electrons. The number of hydrogen-bond donors (Lipinski definition) is 1. The van der Waals surface area contributed by atoms with Crippen LogP contribution in [0.25, 0.3) is 0 Å². The predicted octanol–water partition coefficient (Wildman–Crippen LogP) is 0.386. The first-order chi connectivity index (χ1) is 9.34. The molecule has 0 bridgehead atoms. The maximum Gasteiger partial charge on any atom is 0.289 e. The highest BCUT2D eigenvalue weighted by Crippen LogP contribution is 2.19. The number of hydrogen-bond acceptors (Lipinski definition) is 5. The van der Waals surface area contributed by atoms with Crippen LogP contribution in [0.2, 0.25) is 0 Å². The lowest BCUT2D eigenvalue weighted by Crippen LogP contribution is -2.52. The average Bonchev–Trinajstić information content (AvgIpc) is 2.88. The molecule has 120 valence electrons. The van der Waals surface area contributed by atoms with Crippen molar-refractivity contribution >= 4 is 28.3 Å². The number of rotatable bonds is 3. The fraction of sp³-hybridized carbons (Fsp3) is 0.583. The zero-order valence-electron chi connectivity index (χ0n) is 12.2. The molecule has 1 aromatic rings. The maximum absolute atomic E-state index is 12.3. The lowest BCUT2D eigenvalue weighted by atomic mass is 10.2. The molecule has 0 saturated carbocycles. The van der Waals surface area contributed by atoms with E-state index in [2.05, 4.69) is 5.32 Å². The van der Waals surface area contributed by atoms with Gasteiger partial charge in [-0.2, -0.15) is 0 Å². The highest BCUT2D eigenvalue weighted by atomic mass is 35.5. The molecule has 0 spiro atoms. The number of nitrogens with zero attached hydrogens (tertiary/aromatic N) is 2. The van der Waals surface area contributed by atoms with Crippen molar-refractivity contribution in [3.8, 4) is 0 Å². The van der Waals surface area contributed by atoms with Gasteiger partial charge >= 0.3 is 0 Å². The van der Waals surface area contributed by atoms with E-state index in [-0.39, 0.29) is 35.2 Å². The largest absolute Gasteiger partial charge is 0.438 e. The smallest absolute Gasteiger partial charge is 0.289 e. The molecule has 2 rings (SSSR count). The molecule has 1 aromatic heterocycles. The molecule has 9 heteroatoms. The van der Waals surface area contributed by atoms with E-state index in [0.717, 1.165) is 17.4 Å². The molecule has 2 heterocycles. The number of piperazine rings is 1. The van der Waals surface area contributed by atoms with Gasteiger partial charge in [-0.15, -0.1) is 12.4 Å². The highest BCUT2D eigenvalue weighted by molar-refractivity contribution is 7.88. The zero-order valence-corrected chi connectivity index (χ0v) is 13.8. The van der Waals surface area contributed by atoms with Gasteiger partial charge in [-0.3, -0.25) is 4.79 Å². The Labute approximate surface area is 130 Å². The third-order valence-electron chi connectivity index (χ3n) is 3.29. The quantitative estimate of drug-likeness (QED) is 0.862. The van der Waals surface area contributed by atoms with E-state index >= 15 is 0 Å². The van der Waals surface area contributed by atoms with E-state index in [0.29, 0.717) is 6.54 Å². The van der Waals surface area contributed by atoms with Crippen LogP contribution in [0, 0.1) is 0 Å². The van der Waals surface area contributed by atoms with Crippen molar-refractivity contribution in [3.05, 3.63) is 17.9 Å². The fourth-order valence-electron chi connectivity index (χ4n) is 2.04. The number of sulfonamides is 1. The number of amides is 1. The van der Waals surface area contributed by atoms with Crippen LogP contribution < -0.4 is 5.32 Å². The first-order valence-electron chi connectivity index (χ1n) is 6.38. The van der Waals surface area contributed by atoms with Crippen LogP contribution in [0.15, 0.2) is 21.6 Å². The van der Waals surface area contributed by atoms with Gasteiger partial charge < -0.3 is 14.6 Å². The molecule has 1 N–H and O–H groups in total. The molecule has 0 aliphatic carbocycles. The Morgan fingerprint density at radius 2 is 2.10 bits per heavy atom. The summed E-state index contributed by atoms with van der Waals surface area (Å²) < 4.78 is 30.1. The number of carbonyl (C=O) groups is 1. The summed E-state index contributed by atoms with van der Waals surface area (Å²) in [4.78, 5) is 14.0. The Kier molecular flexibility index (Phi) is 5.80. The molecule has 1 saturated heterocycles. The molecule has 0 unspecified atom stereocenters. The van der Waals surface area contributed by atoms with Crippen molar-refractivity contribution in [2.45, 2.75) is 18.1 Å². The van der Waals surface area contributed by atoms with Crippen LogP contribution in [0.3, 0.4) is 0 Å². The standard InChI is InChI=1S/C12H19N3O4S.ClH/c1-9-8-13-6-7-15(9)12(16)10-4-5-11(19-10)20(17,18)14(2)3;/h4-5,9,13H,6-8H2,1-3H3;1H/t9-;/m1./s1. The SMILES string of the molecule is C[C@@H]1CNCCN1C(=O)c1ccc(S(=O)(=O)N(C)C)o1.Cl. The third kappa shape index (κ3) is 3.57. The highest BCUT2D eigenvalue weighted by Gasteiger charge is 2.28. The molecule has 1 aliphatic heterocycles. The Balaban J connectivity index is 0.00000220. The first kappa shape index (κ1) is 18.0. The van der Waals surface area contributed by atoms with E-state index in [9.17, 15) is 13.2 Å². The van der Waals surface area contributed by atoms with Gasteiger partial charge in [0.1, 0.15) is 0 Å². The van der Waals surface area contributed by atoms with Crippen LogP contribution in [-0.2, 0) is 10.0 Å². The second-order valence-corrected chi connectivity index (χ2v) is 7.04. The van der Waals surface area contributed by atoms with Gasteiger partial charge in [0.15, 0.2) is 5.76 Å². The molecule has 1 amide bonds. The second-order valence-electron chi connectivity index (χ2n) is 4.96. The van der Waals surface area contributed by atoms with Gasteiger partial charge in [0.25, 0.3) is 15.9 Å². The second kappa shape index (κ2) is 6.78. The number of nitrogens with one attached hydrogen (secondary N) is 1. The molecular formula is C12H20ClN3O4S. The molecule has 7 nitrogen and oxygen atoms in total. The maximum atomic E-state index is 12.3. The van der Waals surface area contributed by atoms with E-state index < -0.39 is 10.0 Å². The van der Waals surface area contributed by atoms with E-state index in [4.69, 9.17) is 4.42 Å². The molecule has 1 atom stereocenters. The van der Waals surface area contributed by atoms with E-state index in [1.54, 1.807) is 4.90 Å². The van der Waals surface area contributed by atoms with Gasteiger partial charge in [-0.25, -0.2) is 12.7 Å². The van der Waals surface area contributed by atoms with Crippen molar-refractivity contribution in [1.82, 2.24) is 14.5 Å². The molecule has 1 fully saturated rings. The predicted molar refractivity (Wildman–Crippen MR) is 80.2 cm³/mol. The summed E-state index contributed by atoms with van der Waals surface area (Å²) in [6.45, 7) is 3.95. The molecule has 21 heavy (non-hydrogen) atoms. The summed E-state index contributed by atoms with van der Waals surface area (Å²) in [7, 11) is -0.821. The van der Waals surface area contributed by atoms with Crippen molar-refractivity contribution < 1.29 is 17.6 Å². The minimum Gasteiger partial charge on any atom is -0.438 e. The van der Waals surface area contributed by atoms with Gasteiger partial charge in [-0.1, -0.05) is 0 Å². The van der Waals surface area contributed by atoms with Crippen LogP contribution >= 0.6 is 12.4 Å². The van der Waals surface area contributed by atoms with Crippen LogP contribution in [0.1, 0.15) is 17.5 Å². The topological polar surface area (TPSA) is 82.9 Å². The van der Waals surface area contributed by atoms with Crippen LogP contribution in [-0.4, -0.2) is 63.3 Å². The summed E-state index contributed by atoms with van der Waals surface area (Å²) in [5.74, 6) is -0.224. The fourth-order valence-corrected chi connectivity index (χ4v) is 2.83. The minimum atomic E-state index is -3.65. The van der Waals surface area contributed by atoms with E-state index in [1.165, 1.54) is 26.2 Å². The van der Waals surface area contributed by atoms with E-state index in [1.807, 2.05) is 6.92 Å². The van der Waals surface area contributed by atoms with Gasteiger partial charge in [0, 0.05) is 39.8 Å². The Morgan fingerprint density at radius 3 is 2.67 bits per heavy atom. The van der Waals surface area contributed by atoms with Crippen molar-refractivity contribution in [2.24, 2.45) is 0 Å². The Morgan fingerprint density at radius 1 is 1.43 bits per heavy atom. The Hall–Kier alpha value is -1.09. The Bertz CT molecular complexity index is 599. The lowest BCUT2D eigenvalue weighted by Gasteiger charge is -2.33. The summed E-state index contributed by atoms with van der Waals surface area (Å²) in [6, 6.07) is 2.78. The van der Waals surface area contributed by atoms with Gasteiger partial charge in [-0.05, 0) is 19.1 Å². The minimum absolute atomic E-state index is 0. The van der Waals surface area contributed by atoms with Gasteiger partial charge in [0.05, 0.1) is 0 Å². The monoisotopic (exact) mass is 337 g/mol.